The summed E-state index contributed by atoms with van der Waals surface area (Å²) in [6.45, 7) is 3.78. The number of nitrogens with one attached hydrogen (secondary N) is 3. The van der Waals surface area contributed by atoms with Gasteiger partial charge in [-0.15, -0.1) is 0 Å². The van der Waals surface area contributed by atoms with Crippen LogP contribution in [0, 0.1) is 6.92 Å². The lowest BCUT2D eigenvalue weighted by molar-refractivity contribution is -0.124. The predicted octanol–water partition coefficient (Wildman–Crippen LogP) is 2.35. The van der Waals surface area contributed by atoms with Crippen LogP contribution in [0.25, 0.3) is 0 Å². The van der Waals surface area contributed by atoms with Crippen LogP contribution in [0.1, 0.15) is 31.7 Å². The number of aryl methyl sites for hydroxylation is 1. The zero-order chi connectivity index (χ0) is 17.2. The van der Waals surface area contributed by atoms with E-state index in [-0.39, 0.29) is 17.6 Å². The molecule has 2 amide bonds. The molecule has 3 N–H and O–H groups in total. The van der Waals surface area contributed by atoms with E-state index in [2.05, 4.69) is 32.1 Å². The number of carbonyl (C=O) groups is 2. The first kappa shape index (κ1) is 19.4. The van der Waals surface area contributed by atoms with E-state index in [4.69, 9.17) is 17.0 Å². The van der Waals surface area contributed by atoms with E-state index in [1.54, 1.807) is 6.07 Å². The van der Waals surface area contributed by atoms with Gasteiger partial charge in [0, 0.05) is 6.42 Å². The van der Waals surface area contributed by atoms with Crippen molar-refractivity contribution in [2.75, 3.05) is 6.61 Å². The summed E-state index contributed by atoms with van der Waals surface area (Å²) in [7, 11) is 0. The molecule has 0 saturated carbocycles. The molecule has 0 radical (unpaired) electrons. The monoisotopic (exact) mass is 401 g/mol. The molecule has 0 fully saturated rings. The SMILES string of the molecule is CCCCC(=O)NC(=S)NNC(=O)COc1ccc(C)cc1Br. The summed E-state index contributed by atoms with van der Waals surface area (Å²) in [4.78, 5) is 23.1. The number of rotatable bonds is 6. The molecule has 0 atom stereocenters. The Bertz CT molecular complexity index is 581. The lowest BCUT2D eigenvalue weighted by atomic mass is 10.2. The van der Waals surface area contributed by atoms with Gasteiger partial charge in [-0.2, -0.15) is 0 Å². The molecule has 1 aromatic rings. The normalized spacial score (nSPS) is 9.87. The lowest BCUT2D eigenvalue weighted by Gasteiger charge is -2.12. The van der Waals surface area contributed by atoms with Crippen molar-refractivity contribution in [1.82, 2.24) is 16.2 Å². The molecule has 1 rings (SSSR count). The third kappa shape index (κ3) is 7.94. The van der Waals surface area contributed by atoms with Gasteiger partial charge in [-0.25, -0.2) is 0 Å². The van der Waals surface area contributed by atoms with Gasteiger partial charge < -0.3 is 10.1 Å². The minimum absolute atomic E-state index is 0.0518. The maximum atomic E-state index is 11.7. The maximum Gasteiger partial charge on any atom is 0.276 e. The number of halogens is 1. The van der Waals surface area contributed by atoms with Crippen LogP contribution in [0.2, 0.25) is 0 Å². The van der Waals surface area contributed by atoms with E-state index < -0.39 is 5.91 Å². The number of hydrogen-bond donors (Lipinski definition) is 3. The molecule has 0 aliphatic rings. The molecule has 0 spiro atoms. The highest BCUT2D eigenvalue weighted by atomic mass is 79.9. The van der Waals surface area contributed by atoms with E-state index in [1.807, 2.05) is 26.0 Å². The molecule has 0 aliphatic heterocycles. The Kier molecular flexibility index (Phi) is 8.57. The second-order valence-corrected chi connectivity index (χ2v) is 6.14. The molecule has 0 bridgehead atoms. The van der Waals surface area contributed by atoms with Crippen LogP contribution in [0.4, 0.5) is 0 Å². The van der Waals surface area contributed by atoms with Crippen LogP contribution in [-0.2, 0) is 9.59 Å². The minimum Gasteiger partial charge on any atom is -0.483 e. The van der Waals surface area contributed by atoms with Gasteiger partial charge in [0.25, 0.3) is 5.91 Å². The highest BCUT2D eigenvalue weighted by molar-refractivity contribution is 9.10. The zero-order valence-electron chi connectivity index (χ0n) is 13.1. The topological polar surface area (TPSA) is 79.5 Å². The molecule has 0 heterocycles. The predicted molar refractivity (Wildman–Crippen MR) is 95.9 cm³/mol. The van der Waals surface area contributed by atoms with Crippen molar-refractivity contribution >= 4 is 45.1 Å². The standard InChI is InChI=1S/C15H20BrN3O3S/c1-3-4-5-13(20)17-15(23)19-18-14(21)9-22-12-7-6-10(2)8-11(12)16/h6-8H,3-5,9H2,1-2H3,(H,18,21)(H2,17,19,20,23). The molecule has 6 nitrogen and oxygen atoms in total. The van der Waals surface area contributed by atoms with Crippen LogP contribution in [0.5, 0.6) is 5.75 Å². The van der Waals surface area contributed by atoms with E-state index in [1.165, 1.54) is 0 Å². The van der Waals surface area contributed by atoms with Gasteiger partial charge >= 0.3 is 0 Å². The van der Waals surface area contributed by atoms with Crippen molar-refractivity contribution in [3.8, 4) is 5.75 Å². The fraction of sp³-hybridized carbons (Fsp3) is 0.400. The van der Waals surface area contributed by atoms with Crippen LogP contribution < -0.4 is 20.9 Å². The smallest absolute Gasteiger partial charge is 0.276 e. The van der Waals surface area contributed by atoms with Gasteiger partial charge in [-0.1, -0.05) is 19.4 Å². The summed E-state index contributed by atoms with van der Waals surface area (Å²) in [5.74, 6) is -0.0257. The Morgan fingerprint density at radius 2 is 2.00 bits per heavy atom. The Morgan fingerprint density at radius 3 is 2.65 bits per heavy atom. The average molecular weight is 402 g/mol. The van der Waals surface area contributed by atoms with Gasteiger partial charge in [0.15, 0.2) is 11.7 Å². The van der Waals surface area contributed by atoms with Crippen molar-refractivity contribution in [3.05, 3.63) is 28.2 Å². The summed E-state index contributed by atoms with van der Waals surface area (Å²) in [5, 5.41) is 2.53. The molecule has 23 heavy (non-hydrogen) atoms. The maximum absolute atomic E-state index is 11.7. The summed E-state index contributed by atoms with van der Waals surface area (Å²) in [6.07, 6.45) is 2.12. The first-order chi connectivity index (χ1) is 10.9. The number of thiocarbonyl (C=S) groups is 1. The van der Waals surface area contributed by atoms with Crippen LogP contribution in [0.15, 0.2) is 22.7 Å². The molecule has 0 aromatic heterocycles. The van der Waals surface area contributed by atoms with Gasteiger partial charge in [-0.3, -0.25) is 20.4 Å². The molecule has 1 aromatic carbocycles. The van der Waals surface area contributed by atoms with Crippen molar-refractivity contribution in [2.24, 2.45) is 0 Å². The van der Waals surface area contributed by atoms with E-state index in [0.717, 1.165) is 22.9 Å². The van der Waals surface area contributed by atoms with Crippen molar-refractivity contribution in [3.63, 3.8) is 0 Å². The molecular weight excluding hydrogens is 382 g/mol. The number of benzene rings is 1. The van der Waals surface area contributed by atoms with E-state index in [0.29, 0.717) is 12.2 Å². The first-order valence-corrected chi connectivity index (χ1v) is 8.40. The van der Waals surface area contributed by atoms with Crippen molar-refractivity contribution in [1.29, 1.82) is 0 Å². The van der Waals surface area contributed by atoms with Crippen LogP contribution in [-0.4, -0.2) is 23.5 Å². The number of carbonyl (C=O) groups excluding carboxylic acids is 2. The average Bonchev–Trinajstić information content (AvgIpc) is 2.50. The van der Waals surface area contributed by atoms with Gasteiger partial charge in [0.2, 0.25) is 5.91 Å². The van der Waals surface area contributed by atoms with E-state index in [9.17, 15) is 9.59 Å². The van der Waals surface area contributed by atoms with Gasteiger partial charge in [0.05, 0.1) is 4.47 Å². The molecule has 126 valence electrons. The summed E-state index contributed by atoms with van der Waals surface area (Å²) < 4.78 is 6.17. The van der Waals surface area contributed by atoms with Crippen molar-refractivity contribution in [2.45, 2.75) is 33.1 Å². The Labute approximate surface area is 149 Å². The second-order valence-electron chi connectivity index (χ2n) is 4.88. The molecule has 8 heteroatoms. The minimum atomic E-state index is -0.414. The first-order valence-electron chi connectivity index (χ1n) is 7.20. The third-order valence-corrected chi connectivity index (χ3v) is 3.60. The summed E-state index contributed by atoms with van der Waals surface area (Å²) in [5.41, 5.74) is 5.90. The van der Waals surface area contributed by atoms with E-state index >= 15 is 0 Å². The molecule has 0 saturated heterocycles. The van der Waals surface area contributed by atoms with Gasteiger partial charge in [0.1, 0.15) is 5.75 Å². The second kappa shape index (κ2) is 10.2. The molecule has 0 unspecified atom stereocenters. The Hall–Kier alpha value is -1.67. The zero-order valence-corrected chi connectivity index (χ0v) is 15.5. The number of ether oxygens (including phenoxy) is 1. The lowest BCUT2D eigenvalue weighted by Crippen LogP contribution is -2.49. The summed E-state index contributed by atoms with van der Waals surface area (Å²) >= 11 is 8.27. The number of hydrazine groups is 1. The fourth-order valence-corrected chi connectivity index (χ4v) is 2.36. The quantitative estimate of drug-likeness (QED) is 0.503. The fourth-order valence-electron chi connectivity index (χ4n) is 1.59. The largest absolute Gasteiger partial charge is 0.483 e. The highest BCUT2D eigenvalue weighted by Gasteiger charge is 2.07. The number of amides is 2. The van der Waals surface area contributed by atoms with Crippen LogP contribution in [0.3, 0.4) is 0 Å². The Morgan fingerprint density at radius 1 is 1.26 bits per heavy atom. The Balaban J connectivity index is 2.28. The molecular formula is C15H20BrN3O3S. The van der Waals surface area contributed by atoms with Gasteiger partial charge in [-0.05, 0) is 59.2 Å². The molecule has 0 aliphatic carbocycles. The van der Waals surface area contributed by atoms with Crippen LogP contribution >= 0.6 is 28.1 Å². The third-order valence-electron chi connectivity index (χ3n) is 2.77. The van der Waals surface area contributed by atoms with Crippen molar-refractivity contribution < 1.29 is 14.3 Å². The number of hydrogen-bond acceptors (Lipinski definition) is 4. The number of unbranched alkanes of at least 4 members (excludes halogenated alkanes) is 1. The highest BCUT2D eigenvalue weighted by Crippen LogP contribution is 2.25. The summed E-state index contributed by atoms with van der Waals surface area (Å²) in [6, 6.07) is 5.56.